The second-order valence-electron chi connectivity index (χ2n) is 3.78. The summed E-state index contributed by atoms with van der Waals surface area (Å²) in [7, 11) is 0. The number of H-pyrrole nitrogens is 1. The van der Waals surface area contributed by atoms with Gasteiger partial charge in [-0.3, -0.25) is 0 Å². The normalized spacial score (nSPS) is 10.3. The highest BCUT2D eigenvalue weighted by Crippen LogP contribution is 2.17. The molecule has 2 rings (SSSR count). The van der Waals surface area contributed by atoms with Crippen molar-refractivity contribution < 1.29 is 8.78 Å². The third-order valence-corrected chi connectivity index (χ3v) is 2.39. The van der Waals surface area contributed by atoms with Gasteiger partial charge in [0, 0.05) is 6.21 Å². The Morgan fingerprint density at radius 1 is 1.30 bits per heavy atom. The van der Waals surface area contributed by atoms with E-state index in [2.05, 4.69) is 21.8 Å². The van der Waals surface area contributed by atoms with Gasteiger partial charge in [-0.15, -0.1) is 0 Å². The van der Waals surface area contributed by atoms with Crippen LogP contribution in [0.4, 0.5) is 14.5 Å². The first-order valence-electron chi connectivity index (χ1n) is 5.59. The summed E-state index contributed by atoms with van der Waals surface area (Å²) >= 11 is 0. The number of nitrogen functional groups attached to an aromatic ring is 1. The first-order valence-corrected chi connectivity index (χ1v) is 5.59. The molecule has 1 heterocycles. The number of benzene rings is 1. The number of anilines is 1. The molecule has 6 heteroatoms. The number of hydrogen-bond donors (Lipinski definition) is 3. The largest absolute Gasteiger partial charge is 0.396 e. The zero-order chi connectivity index (χ0) is 14.5. The van der Waals surface area contributed by atoms with Crippen LogP contribution in [0.15, 0.2) is 24.4 Å². The van der Waals surface area contributed by atoms with E-state index in [1.165, 1.54) is 12.3 Å². The molecule has 0 atom stereocenters. The van der Waals surface area contributed by atoms with Crippen LogP contribution in [0.25, 0.3) is 6.08 Å². The van der Waals surface area contributed by atoms with E-state index in [1.807, 2.05) is 0 Å². The van der Waals surface area contributed by atoms with Crippen molar-refractivity contribution in [3.63, 3.8) is 0 Å². The van der Waals surface area contributed by atoms with Gasteiger partial charge in [0.1, 0.15) is 17.3 Å². The minimum absolute atomic E-state index is 0.157. The summed E-state index contributed by atoms with van der Waals surface area (Å²) in [5.74, 6) is 3.81. The molecular weight excluding hydrogens is 262 g/mol. The molecule has 20 heavy (non-hydrogen) atoms. The second kappa shape index (κ2) is 5.80. The quantitative estimate of drug-likeness (QED) is 0.445. The second-order valence-corrected chi connectivity index (χ2v) is 3.78. The van der Waals surface area contributed by atoms with E-state index in [9.17, 15) is 8.78 Å². The van der Waals surface area contributed by atoms with Crippen LogP contribution in [-0.2, 0) is 0 Å². The lowest BCUT2D eigenvalue weighted by molar-refractivity contribution is 0.580. The predicted molar refractivity (Wildman–Crippen MR) is 73.2 cm³/mol. The minimum atomic E-state index is -0.874. The summed E-state index contributed by atoms with van der Waals surface area (Å²) < 4.78 is 27.1. The van der Waals surface area contributed by atoms with Crippen LogP contribution in [0.3, 0.4) is 0 Å². The molecule has 100 valence electrons. The van der Waals surface area contributed by atoms with Gasteiger partial charge in [-0.05, 0) is 30.2 Å². The summed E-state index contributed by atoms with van der Waals surface area (Å²) in [5.41, 5.74) is 5.22. The van der Waals surface area contributed by atoms with Crippen LogP contribution in [0.5, 0.6) is 0 Å². The summed E-state index contributed by atoms with van der Waals surface area (Å²) in [4.78, 5) is 6.79. The van der Waals surface area contributed by atoms with Crippen LogP contribution in [0.2, 0.25) is 0 Å². The first kappa shape index (κ1) is 13.5. The van der Waals surface area contributed by atoms with E-state index in [-0.39, 0.29) is 11.3 Å². The number of nitrogens with two attached hydrogens (primary N) is 1. The van der Waals surface area contributed by atoms with Crippen molar-refractivity contribution in [2.75, 3.05) is 5.73 Å². The van der Waals surface area contributed by atoms with E-state index >= 15 is 0 Å². The molecule has 0 bridgehead atoms. The molecule has 1 aromatic heterocycles. The van der Waals surface area contributed by atoms with Crippen molar-refractivity contribution in [3.8, 4) is 11.8 Å². The number of rotatable bonds is 2. The van der Waals surface area contributed by atoms with Crippen LogP contribution < -0.4 is 5.73 Å². The monoisotopic (exact) mass is 272 g/mol. The van der Waals surface area contributed by atoms with E-state index in [0.29, 0.717) is 11.5 Å². The van der Waals surface area contributed by atoms with Crippen molar-refractivity contribution in [1.82, 2.24) is 9.97 Å². The Morgan fingerprint density at radius 2 is 2.10 bits per heavy atom. The molecule has 2 aromatic rings. The van der Waals surface area contributed by atoms with Gasteiger partial charge < -0.3 is 16.1 Å². The zero-order valence-electron chi connectivity index (χ0n) is 10.2. The Kier molecular flexibility index (Phi) is 3.91. The molecule has 0 saturated carbocycles. The standard InChI is InChI=1S/C14H10F2N4/c15-11-5-6-12(18)14(16)10(11)4-3-9-8-19-13(20-9)2-1-7-17/h1-2,5-8,17H,18H2,(H,19,20)/b2-1-,17-7?. The third-order valence-electron chi connectivity index (χ3n) is 2.39. The molecule has 0 radical (unpaired) electrons. The maximum Gasteiger partial charge on any atom is 0.164 e. The highest BCUT2D eigenvalue weighted by Gasteiger charge is 2.09. The van der Waals surface area contributed by atoms with Gasteiger partial charge in [0.05, 0.1) is 17.4 Å². The molecule has 0 aliphatic carbocycles. The Morgan fingerprint density at radius 3 is 2.85 bits per heavy atom. The lowest BCUT2D eigenvalue weighted by Gasteiger charge is -1.99. The van der Waals surface area contributed by atoms with Gasteiger partial charge in [0.25, 0.3) is 0 Å². The van der Waals surface area contributed by atoms with Gasteiger partial charge in [-0.1, -0.05) is 5.92 Å². The van der Waals surface area contributed by atoms with Crippen molar-refractivity contribution in [3.05, 3.63) is 53.1 Å². The van der Waals surface area contributed by atoms with Gasteiger partial charge >= 0.3 is 0 Å². The molecule has 0 saturated heterocycles. The van der Waals surface area contributed by atoms with Crippen LogP contribution >= 0.6 is 0 Å². The fourth-order valence-corrected chi connectivity index (χ4v) is 1.44. The number of nitrogens with one attached hydrogen (secondary N) is 2. The summed E-state index contributed by atoms with van der Waals surface area (Å²) in [6.07, 6.45) is 5.58. The number of allylic oxidation sites excluding steroid dienone is 1. The fraction of sp³-hybridized carbons (Fsp3) is 0. The van der Waals surface area contributed by atoms with E-state index in [0.717, 1.165) is 18.3 Å². The van der Waals surface area contributed by atoms with Gasteiger partial charge in [0.2, 0.25) is 0 Å². The molecular formula is C14H10F2N4. The average Bonchev–Trinajstić information content (AvgIpc) is 2.89. The highest BCUT2D eigenvalue weighted by atomic mass is 19.1. The van der Waals surface area contributed by atoms with Crippen LogP contribution in [0.1, 0.15) is 17.1 Å². The molecule has 0 aliphatic heterocycles. The lowest BCUT2D eigenvalue weighted by atomic mass is 10.1. The Balaban J connectivity index is 2.32. The third kappa shape index (κ3) is 2.90. The summed E-state index contributed by atoms with van der Waals surface area (Å²) in [6.45, 7) is 0. The molecule has 0 amide bonds. The number of nitrogens with zero attached hydrogens (tertiary/aromatic N) is 1. The minimum Gasteiger partial charge on any atom is -0.396 e. The van der Waals surface area contributed by atoms with Gasteiger partial charge in [0.15, 0.2) is 5.82 Å². The Bertz CT molecular complexity index is 735. The Hall–Kier alpha value is -2.94. The maximum atomic E-state index is 13.6. The van der Waals surface area contributed by atoms with E-state index in [1.54, 1.807) is 6.08 Å². The van der Waals surface area contributed by atoms with Crippen molar-refractivity contribution in [1.29, 1.82) is 5.41 Å². The molecule has 0 spiro atoms. The predicted octanol–water partition coefficient (Wildman–Crippen LogP) is 2.33. The molecule has 0 fully saturated rings. The molecule has 0 aliphatic rings. The summed E-state index contributed by atoms with van der Waals surface area (Å²) in [6, 6.07) is 2.21. The number of aromatic nitrogens is 2. The number of hydrogen-bond acceptors (Lipinski definition) is 3. The Labute approximate surface area is 113 Å². The SMILES string of the molecule is N=C/C=C\c1ncc(C#Cc2c(F)ccc(N)c2F)[nH]1. The number of imidazole rings is 1. The molecule has 4 nitrogen and oxygen atoms in total. The lowest BCUT2D eigenvalue weighted by Crippen LogP contribution is -1.97. The zero-order valence-corrected chi connectivity index (χ0v) is 10.2. The van der Waals surface area contributed by atoms with Crippen LogP contribution in [0, 0.1) is 28.9 Å². The molecule has 0 unspecified atom stereocenters. The molecule has 1 aromatic carbocycles. The van der Waals surface area contributed by atoms with E-state index < -0.39 is 11.6 Å². The van der Waals surface area contributed by atoms with Crippen molar-refractivity contribution in [2.45, 2.75) is 0 Å². The van der Waals surface area contributed by atoms with Gasteiger partial charge in [-0.25, -0.2) is 13.8 Å². The number of halogens is 2. The van der Waals surface area contributed by atoms with E-state index in [4.69, 9.17) is 11.1 Å². The van der Waals surface area contributed by atoms with Crippen LogP contribution in [-0.4, -0.2) is 16.2 Å². The first-order chi connectivity index (χ1) is 9.61. The topological polar surface area (TPSA) is 78.6 Å². The van der Waals surface area contributed by atoms with Crippen molar-refractivity contribution >= 4 is 18.0 Å². The fourth-order valence-electron chi connectivity index (χ4n) is 1.44. The van der Waals surface area contributed by atoms with Crippen molar-refractivity contribution in [2.24, 2.45) is 0 Å². The molecule has 4 N–H and O–H groups in total. The van der Waals surface area contributed by atoms with Gasteiger partial charge in [-0.2, -0.15) is 0 Å². The number of aromatic amines is 1. The maximum absolute atomic E-state index is 13.6. The average molecular weight is 272 g/mol. The highest BCUT2D eigenvalue weighted by molar-refractivity contribution is 5.74. The summed E-state index contributed by atoms with van der Waals surface area (Å²) in [5, 5.41) is 6.84. The smallest absolute Gasteiger partial charge is 0.164 e.